The monoisotopic (exact) mass is 517 g/mol. The Kier molecular flexibility index (Phi) is 5.34. The third-order valence-corrected chi connectivity index (χ3v) is 9.20. The number of anilines is 1. The van der Waals surface area contributed by atoms with Crippen LogP contribution in [-0.2, 0) is 11.0 Å². The highest BCUT2D eigenvalue weighted by molar-refractivity contribution is 9.10. The second-order valence-corrected chi connectivity index (χ2v) is 11.9. The number of hydrogen-bond donors (Lipinski definition) is 1. The SMILES string of the molecule is Cc1nc(N2CCC3(CC2)Oc2ccccc2[C@H]3CC(C)(C)S(N)=O)n2ccnc2c1Br. The molecule has 1 fully saturated rings. The zero-order valence-electron chi connectivity index (χ0n) is 18.5. The fraction of sp³-hybridized carbons (Fsp3) is 0.478. The maximum absolute atomic E-state index is 12.3. The Morgan fingerprint density at radius 1 is 1.31 bits per heavy atom. The number of para-hydroxylation sites is 1. The maximum Gasteiger partial charge on any atom is 0.211 e. The molecule has 0 radical (unpaired) electrons. The van der Waals surface area contributed by atoms with Crippen molar-refractivity contribution in [2.45, 2.75) is 56.3 Å². The molecule has 9 heteroatoms. The van der Waals surface area contributed by atoms with Crippen LogP contribution in [0.1, 0.15) is 50.3 Å². The van der Waals surface area contributed by atoms with Gasteiger partial charge in [-0.25, -0.2) is 14.2 Å². The number of hydrogen-bond acceptors (Lipinski definition) is 5. The lowest BCUT2D eigenvalue weighted by Crippen LogP contribution is -2.51. The number of imidazole rings is 1. The average Bonchev–Trinajstić information content (AvgIpc) is 3.36. The molecule has 0 amide bonds. The van der Waals surface area contributed by atoms with Crippen molar-refractivity contribution in [1.29, 1.82) is 0 Å². The Balaban J connectivity index is 1.46. The highest BCUT2D eigenvalue weighted by Crippen LogP contribution is 2.53. The summed E-state index contributed by atoms with van der Waals surface area (Å²) in [6.45, 7) is 7.60. The van der Waals surface area contributed by atoms with Crippen molar-refractivity contribution >= 4 is 38.5 Å². The fourth-order valence-electron chi connectivity index (χ4n) is 5.11. The number of nitrogens with two attached hydrogens (primary N) is 1. The summed E-state index contributed by atoms with van der Waals surface area (Å²) in [4.78, 5) is 11.7. The third kappa shape index (κ3) is 3.45. The lowest BCUT2D eigenvalue weighted by molar-refractivity contribution is 0.0363. The molecule has 170 valence electrons. The van der Waals surface area contributed by atoms with E-state index in [4.69, 9.17) is 14.9 Å². The number of aromatic nitrogens is 3. The van der Waals surface area contributed by atoms with Crippen molar-refractivity contribution < 1.29 is 8.95 Å². The van der Waals surface area contributed by atoms with Gasteiger partial charge in [0.2, 0.25) is 5.95 Å². The first-order chi connectivity index (χ1) is 15.2. The molecule has 7 nitrogen and oxygen atoms in total. The van der Waals surface area contributed by atoms with Gasteiger partial charge in [0.25, 0.3) is 0 Å². The van der Waals surface area contributed by atoms with E-state index in [2.05, 4.69) is 37.9 Å². The van der Waals surface area contributed by atoms with Gasteiger partial charge in [-0.05, 0) is 49.2 Å². The van der Waals surface area contributed by atoms with Crippen LogP contribution in [0.3, 0.4) is 0 Å². The third-order valence-electron chi connectivity index (χ3n) is 7.01. The van der Waals surface area contributed by atoms with E-state index in [0.717, 1.165) is 53.4 Å². The van der Waals surface area contributed by atoms with Gasteiger partial charge in [-0.15, -0.1) is 0 Å². The van der Waals surface area contributed by atoms with Crippen LogP contribution in [0.25, 0.3) is 5.65 Å². The van der Waals surface area contributed by atoms with E-state index in [9.17, 15) is 4.21 Å². The van der Waals surface area contributed by atoms with Crippen LogP contribution < -0.4 is 14.8 Å². The molecule has 2 aliphatic heterocycles. The standard InChI is InChI=1S/C23H28BrN5O2S/c1-15-19(24)20-26-10-13-29(20)21(27-15)28-11-8-23(9-12-28)17(14-22(2,3)32(25)30)16-6-4-5-7-18(16)31-23/h4-7,10,13,17H,8-9,11-12,14,25H2,1-3H3/t17-,32?/m1/s1. The van der Waals surface area contributed by atoms with Crippen LogP contribution in [-0.4, -0.2) is 42.0 Å². The van der Waals surface area contributed by atoms with Gasteiger partial charge in [-0.1, -0.05) is 18.2 Å². The van der Waals surface area contributed by atoms with E-state index in [1.54, 1.807) is 6.20 Å². The highest BCUT2D eigenvalue weighted by Gasteiger charge is 2.52. The Bertz CT molecular complexity index is 1200. The van der Waals surface area contributed by atoms with Crippen molar-refractivity contribution in [1.82, 2.24) is 14.4 Å². The molecule has 32 heavy (non-hydrogen) atoms. The molecule has 1 aromatic carbocycles. The molecule has 2 aromatic heterocycles. The zero-order valence-corrected chi connectivity index (χ0v) is 20.9. The van der Waals surface area contributed by atoms with Crippen molar-refractivity contribution in [3.8, 4) is 5.75 Å². The number of fused-ring (bicyclic) bond motifs is 2. The maximum atomic E-state index is 12.3. The summed E-state index contributed by atoms with van der Waals surface area (Å²) in [5.74, 6) is 2.00. The molecule has 0 saturated carbocycles. The average molecular weight is 518 g/mol. The molecule has 1 saturated heterocycles. The molecular weight excluding hydrogens is 490 g/mol. The molecule has 4 heterocycles. The highest BCUT2D eigenvalue weighted by atomic mass is 79.9. The van der Waals surface area contributed by atoms with E-state index >= 15 is 0 Å². The van der Waals surface area contributed by atoms with Gasteiger partial charge in [0, 0.05) is 49.8 Å². The van der Waals surface area contributed by atoms with Crippen LogP contribution in [0.4, 0.5) is 5.95 Å². The van der Waals surface area contributed by atoms with Crippen molar-refractivity contribution in [3.05, 3.63) is 52.4 Å². The van der Waals surface area contributed by atoms with Crippen LogP contribution >= 0.6 is 15.9 Å². The van der Waals surface area contributed by atoms with E-state index in [1.165, 1.54) is 5.56 Å². The minimum Gasteiger partial charge on any atom is -0.486 e. The summed E-state index contributed by atoms with van der Waals surface area (Å²) in [5.41, 5.74) is 2.68. The van der Waals surface area contributed by atoms with Crippen molar-refractivity contribution in [2.24, 2.45) is 5.14 Å². The van der Waals surface area contributed by atoms with Crippen LogP contribution in [0.15, 0.2) is 41.1 Å². The molecule has 3 aromatic rings. The second kappa shape index (κ2) is 7.81. The first-order valence-corrected chi connectivity index (χ1v) is 12.9. The van der Waals surface area contributed by atoms with Crippen LogP contribution in [0.2, 0.25) is 0 Å². The summed E-state index contributed by atoms with van der Waals surface area (Å²) < 4.78 is 21.4. The van der Waals surface area contributed by atoms with Gasteiger partial charge in [0.05, 0.1) is 25.9 Å². The molecule has 0 aliphatic carbocycles. The number of halogens is 1. The Morgan fingerprint density at radius 2 is 2.03 bits per heavy atom. The minimum absolute atomic E-state index is 0.149. The predicted octanol–water partition coefficient (Wildman–Crippen LogP) is 4.11. The summed E-state index contributed by atoms with van der Waals surface area (Å²) in [6.07, 6.45) is 6.18. The number of benzene rings is 1. The van der Waals surface area contributed by atoms with E-state index < -0.39 is 15.7 Å². The lowest BCUT2D eigenvalue weighted by atomic mass is 9.74. The summed E-state index contributed by atoms with van der Waals surface area (Å²) in [5, 5.41) is 5.86. The lowest BCUT2D eigenvalue weighted by Gasteiger charge is -2.44. The quantitative estimate of drug-likeness (QED) is 0.562. The first kappa shape index (κ1) is 21.9. The molecule has 5 rings (SSSR count). The molecule has 0 bridgehead atoms. The van der Waals surface area contributed by atoms with Gasteiger partial charge in [0.15, 0.2) is 5.65 Å². The first-order valence-electron chi connectivity index (χ1n) is 10.9. The Hall–Kier alpha value is -1.97. The normalized spacial score (nSPS) is 21.0. The van der Waals surface area contributed by atoms with Crippen LogP contribution in [0.5, 0.6) is 5.75 Å². The topological polar surface area (TPSA) is 85.8 Å². The summed E-state index contributed by atoms with van der Waals surface area (Å²) >= 11 is 3.61. The molecular formula is C23H28BrN5O2S. The van der Waals surface area contributed by atoms with E-state index in [1.807, 2.05) is 43.5 Å². The molecule has 1 spiro atoms. The zero-order chi connectivity index (χ0) is 22.7. The largest absolute Gasteiger partial charge is 0.486 e. The fourth-order valence-corrected chi connectivity index (χ4v) is 5.82. The number of aryl methyl sites for hydroxylation is 1. The van der Waals surface area contributed by atoms with E-state index in [-0.39, 0.29) is 11.5 Å². The Labute approximate surface area is 199 Å². The molecule has 2 atom stereocenters. The van der Waals surface area contributed by atoms with E-state index in [0.29, 0.717) is 6.42 Å². The van der Waals surface area contributed by atoms with Crippen molar-refractivity contribution in [2.75, 3.05) is 18.0 Å². The number of ether oxygens (including phenoxy) is 1. The van der Waals surface area contributed by atoms with Crippen LogP contribution in [0, 0.1) is 6.92 Å². The summed E-state index contributed by atoms with van der Waals surface area (Å²) in [6, 6.07) is 8.26. The van der Waals surface area contributed by atoms with Gasteiger partial charge < -0.3 is 9.64 Å². The Morgan fingerprint density at radius 3 is 2.75 bits per heavy atom. The molecule has 2 N–H and O–H groups in total. The summed E-state index contributed by atoms with van der Waals surface area (Å²) in [7, 11) is -1.41. The number of rotatable bonds is 4. The van der Waals surface area contributed by atoms with Gasteiger partial charge in [0.1, 0.15) is 11.4 Å². The smallest absolute Gasteiger partial charge is 0.211 e. The second-order valence-electron chi connectivity index (χ2n) is 9.44. The van der Waals surface area contributed by atoms with Gasteiger partial charge >= 0.3 is 0 Å². The number of nitrogens with zero attached hydrogens (tertiary/aromatic N) is 4. The minimum atomic E-state index is -1.41. The predicted molar refractivity (Wildman–Crippen MR) is 130 cm³/mol. The molecule has 1 unspecified atom stereocenters. The van der Waals surface area contributed by atoms with Crippen molar-refractivity contribution in [3.63, 3.8) is 0 Å². The van der Waals surface area contributed by atoms with Gasteiger partial charge in [-0.2, -0.15) is 0 Å². The number of piperidine rings is 1. The van der Waals surface area contributed by atoms with Gasteiger partial charge in [-0.3, -0.25) is 9.54 Å². The molecule has 2 aliphatic rings.